The standard InChI is InChI=1S/C17H20N4O2S/c1-12-11-17(21(4)18-12)19-24(22,23)16-10-6-7-13-14(16)8-5-9-15(13)20(2)3/h5-11,19H,1-4H3. The lowest BCUT2D eigenvalue weighted by Crippen LogP contribution is -2.16. The van der Waals surface area contributed by atoms with Crippen molar-refractivity contribution in [3.05, 3.63) is 48.2 Å². The van der Waals surface area contributed by atoms with Crippen molar-refractivity contribution in [2.24, 2.45) is 7.05 Å². The number of aryl methyl sites for hydroxylation is 2. The number of anilines is 2. The smallest absolute Gasteiger partial charge is 0.263 e. The Balaban J connectivity index is 2.15. The van der Waals surface area contributed by atoms with Gasteiger partial charge in [-0.15, -0.1) is 0 Å². The molecule has 1 N–H and O–H groups in total. The summed E-state index contributed by atoms with van der Waals surface area (Å²) < 4.78 is 29.9. The van der Waals surface area contributed by atoms with Gasteiger partial charge in [-0.05, 0) is 19.1 Å². The van der Waals surface area contributed by atoms with Gasteiger partial charge in [-0.3, -0.25) is 9.40 Å². The van der Waals surface area contributed by atoms with Crippen LogP contribution in [0.1, 0.15) is 5.69 Å². The van der Waals surface area contributed by atoms with E-state index in [9.17, 15) is 8.42 Å². The molecule has 0 aliphatic rings. The molecule has 24 heavy (non-hydrogen) atoms. The van der Waals surface area contributed by atoms with Gasteiger partial charge in [0.1, 0.15) is 5.82 Å². The first-order chi connectivity index (χ1) is 11.3. The van der Waals surface area contributed by atoms with Crippen LogP contribution < -0.4 is 9.62 Å². The number of rotatable bonds is 4. The monoisotopic (exact) mass is 344 g/mol. The van der Waals surface area contributed by atoms with Crippen LogP contribution in [-0.2, 0) is 17.1 Å². The SMILES string of the molecule is Cc1cc(NS(=O)(=O)c2cccc3c(N(C)C)cccc23)n(C)n1. The van der Waals surface area contributed by atoms with Crippen LogP contribution in [0.3, 0.4) is 0 Å². The van der Waals surface area contributed by atoms with E-state index >= 15 is 0 Å². The molecule has 0 saturated heterocycles. The van der Waals surface area contributed by atoms with Crippen molar-refractivity contribution < 1.29 is 8.42 Å². The summed E-state index contributed by atoms with van der Waals surface area (Å²) in [6.07, 6.45) is 0. The van der Waals surface area contributed by atoms with Gasteiger partial charge in [0.2, 0.25) is 0 Å². The van der Waals surface area contributed by atoms with Gasteiger partial charge >= 0.3 is 0 Å². The predicted octanol–water partition coefficient (Wildman–Crippen LogP) is 2.75. The molecule has 0 fully saturated rings. The van der Waals surface area contributed by atoms with E-state index in [-0.39, 0.29) is 4.90 Å². The topological polar surface area (TPSA) is 67.2 Å². The molecule has 0 unspecified atom stereocenters. The molecule has 2 aromatic carbocycles. The highest BCUT2D eigenvalue weighted by Crippen LogP contribution is 2.31. The Labute approximate surface area is 141 Å². The van der Waals surface area contributed by atoms with Crippen LogP contribution in [0.2, 0.25) is 0 Å². The first-order valence-electron chi connectivity index (χ1n) is 7.52. The minimum Gasteiger partial charge on any atom is -0.377 e. The van der Waals surface area contributed by atoms with Gasteiger partial charge in [0.25, 0.3) is 10.0 Å². The molecular weight excluding hydrogens is 324 g/mol. The third kappa shape index (κ3) is 2.82. The number of hydrogen-bond donors (Lipinski definition) is 1. The molecule has 0 aliphatic heterocycles. The maximum absolute atomic E-state index is 12.9. The van der Waals surface area contributed by atoms with E-state index in [1.165, 1.54) is 4.68 Å². The van der Waals surface area contributed by atoms with Gasteiger partial charge in [0.15, 0.2) is 0 Å². The summed E-state index contributed by atoms with van der Waals surface area (Å²) in [5.74, 6) is 0.438. The fourth-order valence-electron chi connectivity index (χ4n) is 2.79. The third-order valence-corrected chi connectivity index (χ3v) is 5.28. The van der Waals surface area contributed by atoms with Crippen LogP contribution in [-0.4, -0.2) is 32.3 Å². The molecule has 0 radical (unpaired) electrons. The highest BCUT2D eigenvalue weighted by atomic mass is 32.2. The maximum atomic E-state index is 12.9. The van der Waals surface area contributed by atoms with E-state index in [0.29, 0.717) is 11.2 Å². The second kappa shape index (κ2) is 5.83. The van der Waals surface area contributed by atoms with Gasteiger partial charge < -0.3 is 4.90 Å². The van der Waals surface area contributed by atoms with Crippen LogP contribution in [0, 0.1) is 6.92 Å². The lowest BCUT2D eigenvalue weighted by atomic mass is 10.1. The minimum absolute atomic E-state index is 0.252. The Morgan fingerprint density at radius 3 is 2.38 bits per heavy atom. The maximum Gasteiger partial charge on any atom is 0.263 e. The Kier molecular flexibility index (Phi) is 3.96. The van der Waals surface area contributed by atoms with Gasteiger partial charge in [-0.25, -0.2) is 8.42 Å². The lowest BCUT2D eigenvalue weighted by molar-refractivity contribution is 0.601. The summed E-state index contributed by atoms with van der Waals surface area (Å²) in [6, 6.07) is 12.7. The molecule has 0 atom stereocenters. The van der Waals surface area contributed by atoms with Crippen LogP contribution in [0.15, 0.2) is 47.4 Å². The van der Waals surface area contributed by atoms with Crippen molar-refractivity contribution in [1.29, 1.82) is 0 Å². The average molecular weight is 344 g/mol. The molecule has 7 heteroatoms. The molecular formula is C17H20N4O2S. The third-order valence-electron chi connectivity index (χ3n) is 3.87. The molecule has 126 valence electrons. The van der Waals surface area contributed by atoms with E-state index < -0.39 is 10.0 Å². The molecule has 0 saturated carbocycles. The van der Waals surface area contributed by atoms with Crippen molar-refractivity contribution in [2.45, 2.75) is 11.8 Å². The molecule has 3 aromatic rings. The van der Waals surface area contributed by atoms with Crippen LogP contribution >= 0.6 is 0 Å². The summed E-state index contributed by atoms with van der Waals surface area (Å²) in [6.45, 7) is 1.82. The Morgan fingerprint density at radius 1 is 1.08 bits per heavy atom. The quantitative estimate of drug-likeness (QED) is 0.790. The first-order valence-corrected chi connectivity index (χ1v) is 9.00. The number of fused-ring (bicyclic) bond motifs is 1. The van der Waals surface area contributed by atoms with Crippen molar-refractivity contribution in [3.63, 3.8) is 0 Å². The van der Waals surface area contributed by atoms with Gasteiger partial charge in [-0.2, -0.15) is 5.10 Å². The highest BCUT2D eigenvalue weighted by Gasteiger charge is 2.20. The fraction of sp³-hybridized carbons (Fsp3) is 0.235. The van der Waals surface area contributed by atoms with Crippen molar-refractivity contribution in [2.75, 3.05) is 23.7 Å². The second-order valence-corrected chi connectivity index (χ2v) is 7.57. The average Bonchev–Trinajstić information content (AvgIpc) is 2.82. The number of sulfonamides is 1. The molecule has 6 nitrogen and oxygen atoms in total. The molecule has 0 bridgehead atoms. The molecule has 1 heterocycles. The second-order valence-electron chi connectivity index (χ2n) is 5.92. The molecule has 0 amide bonds. The van der Waals surface area contributed by atoms with Crippen molar-refractivity contribution in [3.8, 4) is 0 Å². The number of benzene rings is 2. The van der Waals surface area contributed by atoms with Crippen molar-refractivity contribution in [1.82, 2.24) is 9.78 Å². The van der Waals surface area contributed by atoms with Crippen molar-refractivity contribution >= 4 is 32.3 Å². The number of nitrogens with one attached hydrogen (secondary N) is 1. The van der Waals surface area contributed by atoms with E-state index in [2.05, 4.69) is 9.82 Å². The van der Waals surface area contributed by atoms with E-state index in [1.54, 1.807) is 25.2 Å². The zero-order valence-corrected chi connectivity index (χ0v) is 14.9. The summed E-state index contributed by atoms with van der Waals surface area (Å²) >= 11 is 0. The molecule has 0 spiro atoms. The summed E-state index contributed by atoms with van der Waals surface area (Å²) in [5.41, 5.74) is 1.73. The fourth-order valence-corrected chi connectivity index (χ4v) is 4.09. The van der Waals surface area contributed by atoms with E-state index in [1.807, 2.05) is 50.2 Å². The van der Waals surface area contributed by atoms with Crippen LogP contribution in [0.4, 0.5) is 11.5 Å². The van der Waals surface area contributed by atoms with Crippen LogP contribution in [0.25, 0.3) is 10.8 Å². The molecule has 0 aliphatic carbocycles. The Bertz CT molecular complexity index is 1010. The summed E-state index contributed by atoms with van der Waals surface area (Å²) in [7, 11) is 1.86. The largest absolute Gasteiger partial charge is 0.377 e. The summed E-state index contributed by atoms with van der Waals surface area (Å²) in [5, 5.41) is 5.76. The zero-order chi connectivity index (χ0) is 17.5. The Hall–Kier alpha value is -2.54. The minimum atomic E-state index is -3.72. The number of aromatic nitrogens is 2. The van der Waals surface area contributed by atoms with Gasteiger partial charge in [-0.1, -0.05) is 24.3 Å². The molecule has 1 aromatic heterocycles. The van der Waals surface area contributed by atoms with E-state index in [4.69, 9.17) is 0 Å². The van der Waals surface area contributed by atoms with Gasteiger partial charge in [0, 0.05) is 43.7 Å². The first kappa shape index (κ1) is 16.3. The predicted molar refractivity (Wildman–Crippen MR) is 97.0 cm³/mol. The van der Waals surface area contributed by atoms with Gasteiger partial charge in [0.05, 0.1) is 10.6 Å². The highest BCUT2D eigenvalue weighted by molar-refractivity contribution is 7.93. The summed E-state index contributed by atoms with van der Waals surface area (Å²) in [4.78, 5) is 2.22. The molecule has 3 rings (SSSR count). The normalized spacial score (nSPS) is 11.7. The zero-order valence-electron chi connectivity index (χ0n) is 14.1. The van der Waals surface area contributed by atoms with E-state index in [0.717, 1.165) is 16.8 Å². The Morgan fingerprint density at radius 2 is 1.75 bits per heavy atom. The lowest BCUT2D eigenvalue weighted by Gasteiger charge is -2.17. The number of nitrogens with zero attached hydrogens (tertiary/aromatic N) is 3. The number of hydrogen-bond acceptors (Lipinski definition) is 4. The van der Waals surface area contributed by atoms with Crippen LogP contribution in [0.5, 0.6) is 0 Å².